The van der Waals surface area contributed by atoms with Gasteiger partial charge in [0.2, 0.25) is 0 Å². The second-order valence-electron chi connectivity index (χ2n) is 6.95. The molecule has 0 aliphatic heterocycles. The summed E-state index contributed by atoms with van der Waals surface area (Å²) in [6.07, 6.45) is 16.5. The number of nitrogens with two attached hydrogens (primary N) is 1. The molecular formula is C18H26N3O4PS. The van der Waals surface area contributed by atoms with Gasteiger partial charge in [0.25, 0.3) is 0 Å². The van der Waals surface area contributed by atoms with E-state index in [1.807, 2.05) is 62.5 Å². The Morgan fingerprint density at radius 3 is 2.19 bits per heavy atom. The summed E-state index contributed by atoms with van der Waals surface area (Å²) in [4.78, 5) is 17.3. The lowest BCUT2D eigenvalue weighted by Gasteiger charge is -2.25. The number of hydrogen-bond donors (Lipinski definition) is 5. The Balaban J connectivity index is 1.89. The molecule has 0 saturated carbocycles. The Labute approximate surface area is 165 Å². The monoisotopic (exact) mass is 411 g/mol. The summed E-state index contributed by atoms with van der Waals surface area (Å²) in [6, 6.07) is 0. The predicted octanol–water partition coefficient (Wildman–Crippen LogP) is 1.97. The maximum Gasteiger partial charge on any atom is 0.469 e. The lowest BCUT2D eigenvalue weighted by molar-refractivity contribution is 0.195. The second kappa shape index (κ2) is 8.65. The van der Waals surface area contributed by atoms with E-state index in [2.05, 4.69) is 15.2 Å². The van der Waals surface area contributed by atoms with Crippen molar-refractivity contribution >= 4 is 25.2 Å². The van der Waals surface area contributed by atoms with Gasteiger partial charge in [-0.15, -0.1) is 0 Å². The molecule has 148 valence electrons. The summed E-state index contributed by atoms with van der Waals surface area (Å²) in [6.45, 7) is 4.33. The summed E-state index contributed by atoms with van der Waals surface area (Å²) in [5.41, 5.74) is 7.33. The number of phosphoric acid groups is 1. The molecule has 0 bridgehead atoms. The van der Waals surface area contributed by atoms with Gasteiger partial charge in [-0.3, -0.25) is 4.52 Å². The maximum atomic E-state index is 10.6. The third-order valence-corrected chi connectivity index (χ3v) is 4.81. The molecule has 0 aromatic carbocycles. The van der Waals surface area contributed by atoms with Crippen molar-refractivity contribution in [2.75, 3.05) is 13.2 Å². The predicted molar refractivity (Wildman–Crippen MR) is 111 cm³/mol. The van der Waals surface area contributed by atoms with Crippen molar-refractivity contribution in [2.24, 2.45) is 5.73 Å². The van der Waals surface area contributed by atoms with Crippen molar-refractivity contribution in [1.29, 1.82) is 0 Å². The molecule has 0 spiro atoms. The second-order valence-corrected chi connectivity index (χ2v) is 8.60. The Morgan fingerprint density at radius 1 is 1.15 bits per heavy atom. The normalized spacial score (nSPS) is 20.0. The van der Waals surface area contributed by atoms with E-state index in [0.29, 0.717) is 18.1 Å². The first-order valence-electron chi connectivity index (χ1n) is 8.54. The molecule has 0 radical (unpaired) electrons. The van der Waals surface area contributed by atoms with Crippen LogP contribution in [0.5, 0.6) is 0 Å². The Hall–Kier alpha value is -1.54. The van der Waals surface area contributed by atoms with Crippen molar-refractivity contribution in [3.63, 3.8) is 0 Å². The summed E-state index contributed by atoms with van der Waals surface area (Å²) >= 11 is 5.31. The van der Waals surface area contributed by atoms with Gasteiger partial charge in [-0.2, -0.15) is 0 Å². The van der Waals surface area contributed by atoms with E-state index in [-0.39, 0.29) is 6.61 Å². The van der Waals surface area contributed by atoms with Crippen LogP contribution in [0.3, 0.4) is 0 Å². The summed E-state index contributed by atoms with van der Waals surface area (Å²) in [5, 5.41) is 6.69. The molecule has 0 aromatic heterocycles. The number of phosphoric ester groups is 1. The van der Waals surface area contributed by atoms with E-state index in [9.17, 15) is 4.57 Å². The van der Waals surface area contributed by atoms with Gasteiger partial charge in [-0.25, -0.2) is 4.57 Å². The molecule has 7 nitrogen and oxygen atoms in total. The Morgan fingerprint density at radius 2 is 1.67 bits per heavy atom. The molecule has 0 amide bonds. The molecule has 6 N–H and O–H groups in total. The molecular weight excluding hydrogens is 385 g/mol. The number of allylic oxidation sites excluding steroid dienone is 6. The highest BCUT2D eigenvalue weighted by molar-refractivity contribution is 7.80. The van der Waals surface area contributed by atoms with Crippen LogP contribution in [0.15, 0.2) is 59.8 Å². The Kier molecular flexibility index (Phi) is 6.97. The Bertz CT molecular complexity index is 741. The highest BCUT2D eigenvalue weighted by atomic mass is 32.1. The van der Waals surface area contributed by atoms with Crippen LogP contribution >= 0.6 is 20.0 Å². The van der Waals surface area contributed by atoms with E-state index in [1.165, 1.54) is 0 Å². The summed E-state index contributed by atoms with van der Waals surface area (Å²) in [5.74, 6) is 0. The molecule has 0 atom stereocenters. The quantitative estimate of drug-likeness (QED) is 0.256. The molecule has 0 unspecified atom stereocenters. The molecule has 9 heteroatoms. The largest absolute Gasteiger partial charge is 0.469 e. The van der Waals surface area contributed by atoms with E-state index in [1.54, 1.807) is 0 Å². The lowest BCUT2D eigenvalue weighted by atomic mass is 10.0. The van der Waals surface area contributed by atoms with Gasteiger partial charge in [0.1, 0.15) is 0 Å². The highest BCUT2D eigenvalue weighted by Gasteiger charge is 2.21. The van der Waals surface area contributed by atoms with E-state index in [0.717, 1.165) is 11.1 Å². The minimum Gasteiger partial charge on any atom is -0.363 e. The van der Waals surface area contributed by atoms with Crippen molar-refractivity contribution in [3.8, 4) is 0 Å². The fraction of sp³-hybridized carbons (Fsp3) is 0.389. The number of hydrogen-bond acceptors (Lipinski definition) is 4. The molecule has 0 heterocycles. The smallest absolute Gasteiger partial charge is 0.363 e. The van der Waals surface area contributed by atoms with Crippen LogP contribution in [-0.2, 0) is 9.09 Å². The first kappa shape index (κ1) is 21.8. The minimum absolute atomic E-state index is 0.0493. The number of nitrogens with one attached hydrogen (secondary N) is 2. The molecule has 0 aromatic rings. The standard InChI is InChI=1S/C18H26N3O4PS/c1-17(19)8-4-14-6-10-18(2,11-7-15(14)5-9-17)21-16(27)20-12-3-13-25-26(22,23)24/h4-11H,3,12-13,19H2,1-2H3,(H2,20,21,27)(H2,22,23,24). The van der Waals surface area contributed by atoms with E-state index >= 15 is 0 Å². The third-order valence-electron chi connectivity index (χ3n) is 4.04. The first-order valence-corrected chi connectivity index (χ1v) is 10.5. The van der Waals surface area contributed by atoms with Crippen LogP contribution in [0.25, 0.3) is 0 Å². The minimum atomic E-state index is -4.42. The molecule has 0 fully saturated rings. The van der Waals surface area contributed by atoms with Crippen LogP contribution in [0.4, 0.5) is 0 Å². The van der Waals surface area contributed by atoms with Crippen molar-refractivity contribution in [1.82, 2.24) is 10.6 Å². The van der Waals surface area contributed by atoms with Crippen LogP contribution in [0.1, 0.15) is 20.3 Å². The lowest BCUT2D eigenvalue weighted by Crippen LogP contribution is -2.48. The molecule has 27 heavy (non-hydrogen) atoms. The van der Waals surface area contributed by atoms with Crippen LogP contribution < -0.4 is 16.4 Å². The van der Waals surface area contributed by atoms with E-state index in [4.69, 9.17) is 27.7 Å². The topological polar surface area (TPSA) is 117 Å². The van der Waals surface area contributed by atoms with Crippen LogP contribution in [-0.4, -0.2) is 39.1 Å². The van der Waals surface area contributed by atoms with Gasteiger partial charge in [0.15, 0.2) is 5.11 Å². The van der Waals surface area contributed by atoms with Gasteiger partial charge in [0.05, 0.1) is 17.7 Å². The van der Waals surface area contributed by atoms with Gasteiger partial charge in [-0.05, 0) is 43.6 Å². The zero-order valence-electron chi connectivity index (χ0n) is 15.4. The van der Waals surface area contributed by atoms with Gasteiger partial charge >= 0.3 is 7.82 Å². The summed E-state index contributed by atoms with van der Waals surface area (Å²) in [7, 11) is -4.42. The third kappa shape index (κ3) is 7.54. The van der Waals surface area contributed by atoms with Crippen molar-refractivity contribution in [2.45, 2.75) is 31.3 Å². The van der Waals surface area contributed by atoms with Gasteiger partial charge in [0, 0.05) is 6.54 Å². The number of rotatable bonds is 6. The maximum absolute atomic E-state index is 10.6. The van der Waals surface area contributed by atoms with Crippen molar-refractivity contribution < 1.29 is 18.9 Å². The zero-order chi connectivity index (χ0) is 20.1. The number of thiocarbonyl (C=S) groups is 1. The van der Waals surface area contributed by atoms with E-state index < -0.39 is 18.9 Å². The van der Waals surface area contributed by atoms with Crippen LogP contribution in [0, 0.1) is 0 Å². The average Bonchev–Trinajstić information content (AvgIpc) is 2.78. The molecule has 2 aliphatic rings. The van der Waals surface area contributed by atoms with Gasteiger partial charge in [-0.1, -0.05) is 48.6 Å². The first-order chi connectivity index (χ1) is 12.5. The molecule has 2 rings (SSSR count). The van der Waals surface area contributed by atoms with Crippen LogP contribution in [0.2, 0.25) is 0 Å². The highest BCUT2D eigenvalue weighted by Crippen LogP contribution is 2.35. The summed E-state index contributed by atoms with van der Waals surface area (Å²) < 4.78 is 15.0. The fourth-order valence-corrected chi connectivity index (χ4v) is 3.19. The van der Waals surface area contributed by atoms with Gasteiger partial charge < -0.3 is 26.2 Å². The SMILES string of the molecule is CC1(N)C=CC2=C(C=C1)C=CC(C)(NC(=S)NCCCOP(=O)(O)O)C=C2. The molecule has 0 saturated heterocycles. The average molecular weight is 411 g/mol. The zero-order valence-corrected chi connectivity index (χ0v) is 17.1. The fourth-order valence-electron chi connectivity index (χ4n) is 2.50. The molecule has 2 aliphatic carbocycles. The van der Waals surface area contributed by atoms with Crippen molar-refractivity contribution in [3.05, 3.63) is 59.8 Å².